The lowest BCUT2D eigenvalue weighted by atomic mass is 10.5. The summed E-state index contributed by atoms with van der Waals surface area (Å²) in [6.45, 7) is 6.10. The molecule has 0 saturated carbocycles. The van der Waals surface area contributed by atoms with E-state index >= 15 is 0 Å². The summed E-state index contributed by atoms with van der Waals surface area (Å²) in [7, 11) is -0.643. The Morgan fingerprint density at radius 2 is 2.45 bits per heavy atom. The third-order valence-electron chi connectivity index (χ3n) is 0.987. The monoisotopic (exact) mass is 174 g/mol. The topological polar surface area (TPSA) is 35.5 Å². The van der Waals surface area contributed by atoms with Crippen LogP contribution in [-0.2, 0) is 14.0 Å². The van der Waals surface area contributed by atoms with Gasteiger partial charge in [0.1, 0.15) is 6.23 Å². The molecule has 0 amide bonds. The van der Waals surface area contributed by atoms with Gasteiger partial charge in [-0.1, -0.05) is 13.5 Å². The minimum absolute atomic E-state index is 0.363. The SMILES string of the molecule is C=CC(=O)OC[SiH2]OCCC. The Bertz CT molecular complexity index is 125. The summed E-state index contributed by atoms with van der Waals surface area (Å²) in [5.41, 5.74) is 0. The van der Waals surface area contributed by atoms with E-state index < -0.39 is 9.76 Å². The Hall–Kier alpha value is -0.613. The molecule has 0 N–H and O–H groups in total. The van der Waals surface area contributed by atoms with Crippen molar-refractivity contribution in [1.29, 1.82) is 0 Å². The van der Waals surface area contributed by atoms with E-state index in [0.29, 0.717) is 6.23 Å². The molecule has 0 saturated heterocycles. The Morgan fingerprint density at radius 3 is 3.00 bits per heavy atom. The van der Waals surface area contributed by atoms with Crippen LogP contribution < -0.4 is 0 Å². The number of carbonyl (C=O) groups excluding carboxylic acids is 1. The van der Waals surface area contributed by atoms with Crippen LogP contribution in [-0.4, -0.2) is 28.6 Å². The van der Waals surface area contributed by atoms with E-state index in [1.54, 1.807) is 0 Å². The first-order valence-electron chi connectivity index (χ1n) is 3.68. The van der Waals surface area contributed by atoms with Crippen molar-refractivity contribution in [3.8, 4) is 0 Å². The second-order valence-corrected chi connectivity index (χ2v) is 3.21. The largest absolute Gasteiger partial charge is 0.464 e. The van der Waals surface area contributed by atoms with Crippen molar-refractivity contribution in [3.63, 3.8) is 0 Å². The zero-order valence-electron chi connectivity index (χ0n) is 6.84. The molecule has 0 bridgehead atoms. The molecule has 0 aliphatic carbocycles. The van der Waals surface area contributed by atoms with Gasteiger partial charge < -0.3 is 9.16 Å². The predicted molar refractivity (Wildman–Crippen MR) is 45.9 cm³/mol. The summed E-state index contributed by atoms with van der Waals surface area (Å²) in [4.78, 5) is 10.5. The summed E-state index contributed by atoms with van der Waals surface area (Å²) in [5, 5.41) is 0. The molecule has 0 rings (SSSR count). The van der Waals surface area contributed by atoms with Gasteiger partial charge in [0, 0.05) is 12.7 Å². The minimum atomic E-state index is -0.643. The van der Waals surface area contributed by atoms with Crippen LogP contribution in [0.15, 0.2) is 12.7 Å². The molecule has 0 spiro atoms. The number of ether oxygens (including phenoxy) is 1. The van der Waals surface area contributed by atoms with Gasteiger partial charge in [0.25, 0.3) is 0 Å². The second-order valence-electron chi connectivity index (χ2n) is 1.98. The number of hydrogen-bond donors (Lipinski definition) is 0. The number of rotatable bonds is 6. The van der Waals surface area contributed by atoms with Crippen LogP contribution in [0.25, 0.3) is 0 Å². The van der Waals surface area contributed by atoms with Gasteiger partial charge in [0.15, 0.2) is 0 Å². The molecule has 0 aliphatic heterocycles. The highest BCUT2D eigenvalue weighted by atomic mass is 28.2. The van der Waals surface area contributed by atoms with Crippen LogP contribution in [0.3, 0.4) is 0 Å². The highest BCUT2D eigenvalue weighted by Gasteiger charge is 1.94. The van der Waals surface area contributed by atoms with E-state index in [1.807, 2.05) is 6.92 Å². The van der Waals surface area contributed by atoms with Crippen molar-refractivity contribution in [2.75, 3.05) is 12.8 Å². The molecule has 0 fully saturated rings. The zero-order chi connectivity index (χ0) is 8.53. The van der Waals surface area contributed by atoms with Crippen molar-refractivity contribution in [2.45, 2.75) is 13.3 Å². The van der Waals surface area contributed by atoms with Gasteiger partial charge in [-0.25, -0.2) is 4.79 Å². The van der Waals surface area contributed by atoms with E-state index in [9.17, 15) is 4.79 Å². The molecule has 0 aromatic carbocycles. The highest BCUT2D eigenvalue weighted by Crippen LogP contribution is 1.80. The van der Waals surface area contributed by atoms with Crippen LogP contribution >= 0.6 is 0 Å². The van der Waals surface area contributed by atoms with E-state index in [-0.39, 0.29) is 5.97 Å². The first-order chi connectivity index (χ1) is 5.31. The predicted octanol–water partition coefficient (Wildman–Crippen LogP) is 0.183. The molecule has 11 heavy (non-hydrogen) atoms. The average Bonchev–Trinajstić information content (AvgIpc) is 2.04. The number of hydrogen-bond acceptors (Lipinski definition) is 3. The molecule has 0 aromatic heterocycles. The smallest absolute Gasteiger partial charge is 0.329 e. The number of esters is 1. The molecule has 0 aromatic rings. The highest BCUT2D eigenvalue weighted by molar-refractivity contribution is 6.27. The maximum Gasteiger partial charge on any atom is 0.329 e. The van der Waals surface area contributed by atoms with Crippen LogP contribution in [0.4, 0.5) is 0 Å². The second kappa shape index (κ2) is 7.49. The molecular weight excluding hydrogens is 160 g/mol. The molecule has 0 unspecified atom stereocenters. The summed E-state index contributed by atoms with van der Waals surface area (Å²) < 4.78 is 9.92. The maximum absolute atomic E-state index is 10.5. The van der Waals surface area contributed by atoms with Crippen molar-refractivity contribution >= 4 is 15.7 Å². The van der Waals surface area contributed by atoms with E-state index in [1.165, 1.54) is 0 Å². The lowest BCUT2D eigenvalue weighted by Crippen LogP contribution is -2.11. The third kappa shape index (κ3) is 7.28. The van der Waals surface area contributed by atoms with Gasteiger partial charge in [-0.3, -0.25) is 0 Å². The van der Waals surface area contributed by atoms with Crippen molar-refractivity contribution in [2.24, 2.45) is 0 Å². The van der Waals surface area contributed by atoms with E-state index in [4.69, 9.17) is 9.16 Å². The van der Waals surface area contributed by atoms with Gasteiger partial charge in [-0.2, -0.15) is 0 Å². The minimum Gasteiger partial charge on any atom is -0.464 e. The van der Waals surface area contributed by atoms with Crippen LogP contribution in [0.5, 0.6) is 0 Å². The molecule has 3 nitrogen and oxygen atoms in total. The molecule has 64 valence electrons. The molecular formula is C7H14O3Si. The zero-order valence-corrected chi connectivity index (χ0v) is 8.25. The maximum atomic E-state index is 10.5. The fourth-order valence-electron chi connectivity index (χ4n) is 0.507. The van der Waals surface area contributed by atoms with Gasteiger partial charge in [0.2, 0.25) is 9.76 Å². The Labute approximate surface area is 69.3 Å². The molecule has 0 radical (unpaired) electrons. The van der Waals surface area contributed by atoms with E-state index in [0.717, 1.165) is 19.1 Å². The number of carbonyl (C=O) groups is 1. The first kappa shape index (κ1) is 10.4. The first-order valence-corrected chi connectivity index (χ1v) is 5.26. The molecule has 4 heteroatoms. The fourth-order valence-corrected chi connectivity index (χ4v) is 1.40. The van der Waals surface area contributed by atoms with Crippen LogP contribution in [0, 0.1) is 0 Å². The summed E-state index contributed by atoms with van der Waals surface area (Å²) in [5.74, 6) is -0.363. The molecule has 0 heterocycles. The summed E-state index contributed by atoms with van der Waals surface area (Å²) >= 11 is 0. The fraction of sp³-hybridized carbons (Fsp3) is 0.571. The van der Waals surface area contributed by atoms with Crippen molar-refractivity contribution < 1.29 is 14.0 Å². The molecule has 0 atom stereocenters. The van der Waals surface area contributed by atoms with Crippen molar-refractivity contribution in [1.82, 2.24) is 0 Å². The molecule has 0 aliphatic rings. The lowest BCUT2D eigenvalue weighted by Gasteiger charge is -2.01. The van der Waals surface area contributed by atoms with Gasteiger partial charge in [0.05, 0.1) is 0 Å². The quantitative estimate of drug-likeness (QED) is 0.249. The average molecular weight is 174 g/mol. The normalized spacial score (nSPS) is 10.3. The summed E-state index contributed by atoms with van der Waals surface area (Å²) in [6, 6.07) is 0. The van der Waals surface area contributed by atoms with E-state index in [2.05, 4.69) is 6.58 Å². The van der Waals surface area contributed by atoms with Crippen molar-refractivity contribution in [3.05, 3.63) is 12.7 Å². The van der Waals surface area contributed by atoms with Crippen LogP contribution in [0.1, 0.15) is 13.3 Å². The lowest BCUT2D eigenvalue weighted by molar-refractivity contribution is -0.136. The van der Waals surface area contributed by atoms with Gasteiger partial charge in [-0.05, 0) is 6.42 Å². The Kier molecular flexibility index (Phi) is 7.08. The van der Waals surface area contributed by atoms with Gasteiger partial charge in [-0.15, -0.1) is 0 Å². The Balaban J connectivity index is 3.01. The summed E-state index contributed by atoms with van der Waals surface area (Å²) in [6.07, 6.45) is 2.63. The third-order valence-corrected chi connectivity index (χ3v) is 1.94. The van der Waals surface area contributed by atoms with Gasteiger partial charge >= 0.3 is 5.97 Å². The van der Waals surface area contributed by atoms with Crippen LogP contribution in [0.2, 0.25) is 0 Å². The Morgan fingerprint density at radius 1 is 1.73 bits per heavy atom. The standard InChI is InChI=1S/C7H14O3Si/c1-3-5-10-11-6-9-7(8)4-2/h4H,2-3,5-6,11H2,1H3.